The maximum atomic E-state index is 13.6. The molecule has 32 heavy (non-hydrogen) atoms. The van der Waals surface area contributed by atoms with Gasteiger partial charge in [0.2, 0.25) is 11.8 Å². The first-order chi connectivity index (χ1) is 15.6. The van der Waals surface area contributed by atoms with E-state index >= 15 is 0 Å². The van der Waals surface area contributed by atoms with Crippen LogP contribution in [0, 0.1) is 30.6 Å². The summed E-state index contributed by atoms with van der Waals surface area (Å²) in [6, 6.07) is 28.3. The number of anilines is 1. The molecule has 0 N–H and O–H groups in total. The number of amides is 2. The van der Waals surface area contributed by atoms with Crippen LogP contribution >= 0.6 is 0 Å². The summed E-state index contributed by atoms with van der Waals surface area (Å²) in [5.74, 6) is -0.884. The van der Waals surface area contributed by atoms with Crippen molar-refractivity contribution in [2.45, 2.75) is 6.92 Å². The maximum absolute atomic E-state index is 13.6. The first-order valence-electron chi connectivity index (χ1n) is 11.1. The van der Waals surface area contributed by atoms with Crippen molar-refractivity contribution in [3.8, 4) is 0 Å². The Bertz CT molecular complexity index is 1210. The molecular weight excluding hydrogens is 394 g/mol. The Hall–Kier alpha value is -3.72. The fourth-order valence-corrected chi connectivity index (χ4v) is 5.83. The molecule has 2 amide bonds. The molecule has 1 saturated carbocycles. The van der Waals surface area contributed by atoms with Crippen LogP contribution in [0.4, 0.5) is 5.69 Å². The van der Waals surface area contributed by atoms with E-state index in [0.29, 0.717) is 5.69 Å². The Morgan fingerprint density at radius 3 is 1.72 bits per heavy atom. The zero-order valence-corrected chi connectivity index (χ0v) is 17.8. The largest absolute Gasteiger partial charge is 0.274 e. The van der Waals surface area contributed by atoms with Crippen molar-refractivity contribution in [3.63, 3.8) is 0 Å². The number of rotatable bonds is 3. The number of allylic oxidation sites excluding steroid dienone is 3. The first-order valence-corrected chi connectivity index (χ1v) is 11.1. The van der Waals surface area contributed by atoms with Crippen molar-refractivity contribution in [1.29, 1.82) is 0 Å². The minimum absolute atomic E-state index is 0.0494. The maximum Gasteiger partial charge on any atom is 0.238 e. The molecule has 3 aromatic carbocycles. The van der Waals surface area contributed by atoms with Gasteiger partial charge in [-0.15, -0.1) is 0 Å². The number of nitrogens with zero attached hydrogens (tertiary/aromatic N) is 1. The van der Waals surface area contributed by atoms with Crippen LogP contribution in [0.2, 0.25) is 0 Å². The van der Waals surface area contributed by atoms with Crippen LogP contribution in [0.15, 0.2) is 103 Å². The number of aryl methyl sites for hydroxylation is 1. The van der Waals surface area contributed by atoms with Gasteiger partial charge < -0.3 is 0 Å². The molecule has 1 heterocycles. The molecule has 0 aromatic heterocycles. The second-order valence-electron chi connectivity index (χ2n) is 8.90. The second kappa shape index (κ2) is 7.16. The number of imide groups is 1. The van der Waals surface area contributed by atoms with Crippen molar-refractivity contribution in [3.05, 3.63) is 119 Å². The van der Waals surface area contributed by atoms with E-state index < -0.39 is 0 Å². The van der Waals surface area contributed by atoms with Gasteiger partial charge in [0.1, 0.15) is 0 Å². The zero-order valence-electron chi connectivity index (χ0n) is 17.8. The lowest BCUT2D eigenvalue weighted by Gasteiger charge is -2.21. The van der Waals surface area contributed by atoms with Crippen LogP contribution in [0.3, 0.4) is 0 Å². The second-order valence-corrected chi connectivity index (χ2v) is 8.90. The first kappa shape index (κ1) is 19.0. The van der Waals surface area contributed by atoms with Crippen molar-refractivity contribution in [1.82, 2.24) is 0 Å². The quantitative estimate of drug-likeness (QED) is 0.422. The third-order valence-corrected chi connectivity index (χ3v) is 7.09. The molecule has 1 aliphatic heterocycles. The van der Waals surface area contributed by atoms with Crippen LogP contribution in [0.5, 0.6) is 0 Å². The van der Waals surface area contributed by atoms with E-state index in [1.165, 1.54) is 10.5 Å². The fraction of sp³-hybridized carbons (Fsp3) is 0.172. The van der Waals surface area contributed by atoms with E-state index in [4.69, 9.17) is 0 Å². The SMILES string of the molecule is Cc1cccc(N2C(=O)[C@H]3[C@H](C2=O)[C@H]2C=C[C@H]3C2=C(c2ccccc2)c2ccccc2)c1. The molecular formula is C29H23NO2. The lowest BCUT2D eigenvalue weighted by molar-refractivity contribution is -0.122. The number of hydrogen-bond acceptors (Lipinski definition) is 2. The highest BCUT2D eigenvalue weighted by molar-refractivity contribution is 6.23. The summed E-state index contributed by atoms with van der Waals surface area (Å²) in [5.41, 5.74) is 6.35. The molecule has 4 atom stereocenters. The van der Waals surface area contributed by atoms with Crippen LogP contribution < -0.4 is 4.90 Å². The third kappa shape index (κ3) is 2.67. The van der Waals surface area contributed by atoms with Gasteiger partial charge in [0.25, 0.3) is 0 Å². The van der Waals surface area contributed by atoms with Gasteiger partial charge in [0.05, 0.1) is 17.5 Å². The summed E-state index contributed by atoms with van der Waals surface area (Å²) in [6.07, 6.45) is 4.30. The van der Waals surface area contributed by atoms with Crippen molar-refractivity contribution >= 4 is 23.1 Å². The predicted octanol–water partition coefficient (Wildman–Crippen LogP) is 5.42. The summed E-state index contributed by atoms with van der Waals surface area (Å²) in [4.78, 5) is 28.6. The third-order valence-electron chi connectivity index (χ3n) is 7.09. The standard InChI is InChI=1S/C29H23NO2/c1-18-9-8-14-21(17-18)30-28(31)26-22-15-16-23(27(26)29(30)32)25(22)24(19-10-4-2-5-11-19)20-12-6-3-7-13-20/h2-17,22-23,26-27H,1H3/t22-,23-,26+,27+/m0/s1. The number of benzene rings is 3. The Labute approximate surface area is 187 Å². The van der Waals surface area contributed by atoms with Crippen molar-refractivity contribution in [2.24, 2.45) is 23.7 Å². The topological polar surface area (TPSA) is 37.4 Å². The Kier molecular flexibility index (Phi) is 4.25. The molecule has 0 spiro atoms. The molecule has 3 aliphatic rings. The van der Waals surface area contributed by atoms with E-state index in [1.54, 1.807) is 0 Å². The molecule has 3 heteroatoms. The highest BCUT2D eigenvalue weighted by Crippen LogP contribution is 2.58. The highest BCUT2D eigenvalue weighted by atomic mass is 16.2. The Balaban J connectivity index is 1.49. The van der Waals surface area contributed by atoms with Crippen molar-refractivity contribution < 1.29 is 9.59 Å². The molecule has 2 bridgehead atoms. The van der Waals surface area contributed by atoms with Gasteiger partial charge >= 0.3 is 0 Å². The van der Waals surface area contributed by atoms with Gasteiger partial charge in [-0.3, -0.25) is 9.59 Å². The molecule has 156 valence electrons. The van der Waals surface area contributed by atoms with Gasteiger partial charge in [0.15, 0.2) is 0 Å². The molecule has 2 fully saturated rings. The van der Waals surface area contributed by atoms with Crippen LogP contribution in [-0.4, -0.2) is 11.8 Å². The number of carbonyl (C=O) groups is 2. The summed E-state index contributed by atoms with van der Waals surface area (Å²) in [6.45, 7) is 1.98. The lowest BCUT2D eigenvalue weighted by atomic mass is 9.85. The molecule has 2 aliphatic carbocycles. The molecule has 3 nitrogen and oxygen atoms in total. The molecule has 0 unspecified atom stereocenters. The number of carbonyl (C=O) groups excluding carboxylic acids is 2. The van der Waals surface area contributed by atoms with E-state index in [1.807, 2.05) is 67.6 Å². The van der Waals surface area contributed by atoms with E-state index in [9.17, 15) is 9.59 Å². The summed E-state index contributed by atoms with van der Waals surface area (Å²) in [7, 11) is 0. The highest BCUT2D eigenvalue weighted by Gasteiger charge is 2.62. The normalized spacial score (nSPS) is 25.5. The van der Waals surface area contributed by atoms with Crippen LogP contribution in [0.1, 0.15) is 16.7 Å². The smallest absolute Gasteiger partial charge is 0.238 e. The average Bonchev–Trinajstić information content (AvgIpc) is 3.45. The van der Waals surface area contributed by atoms with Gasteiger partial charge in [-0.2, -0.15) is 0 Å². The average molecular weight is 418 g/mol. The predicted molar refractivity (Wildman–Crippen MR) is 126 cm³/mol. The molecule has 0 radical (unpaired) electrons. The van der Waals surface area contributed by atoms with E-state index in [0.717, 1.165) is 22.3 Å². The van der Waals surface area contributed by atoms with Crippen LogP contribution in [-0.2, 0) is 9.59 Å². The minimum Gasteiger partial charge on any atom is -0.274 e. The number of fused-ring (bicyclic) bond motifs is 5. The Morgan fingerprint density at radius 2 is 1.22 bits per heavy atom. The van der Waals surface area contributed by atoms with E-state index in [-0.39, 0.29) is 35.5 Å². The summed E-state index contributed by atoms with van der Waals surface area (Å²) >= 11 is 0. The van der Waals surface area contributed by atoms with Gasteiger partial charge in [-0.1, -0.05) is 84.9 Å². The van der Waals surface area contributed by atoms with E-state index in [2.05, 4.69) is 36.4 Å². The van der Waals surface area contributed by atoms with Crippen LogP contribution in [0.25, 0.3) is 5.57 Å². The monoisotopic (exact) mass is 417 g/mol. The van der Waals surface area contributed by atoms with Gasteiger partial charge in [-0.25, -0.2) is 4.90 Å². The fourth-order valence-electron chi connectivity index (χ4n) is 5.83. The lowest BCUT2D eigenvalue weighted by Crippen LogP contribution is -2.33. The number of hydrogen-bond donors (Lipinski definition) is 0. The minimum atomic E-state index is -0.324. The zero-order chi connectivity index (χ0) is 21.8. The molecule has 3 aromatic rings. The molecule has 6 rings (SSSR count). The summed E-state index contributed by atoms with van der Waals surface area (Å²) in [5, 5.41) is 0. The summed E-state index contributed by atoms with van der Waals surface area (Å²) < 4.78 is 0. The van der Waals surface area contributed by atoms with Crippen molar-refractivity contribution in [2.75, 3.05) is 4.90 Å². The van der Waals surface area contributed by atoms with Gasteiger partial charge in [-0.05, 0) is 46.9 Å². The van der Waals surface area contributed by atoms with Gasteiger partial charge in [0, 0.05) is 11.8 Å². The molecule has 1 saturated heterocycles. The Morgan fingerprint density at radius 1 is 0.688 bits per heavy atom.